The van der Waals surface area contributed by atoms with Gasteiger partial charge in [0.15, 0.2) is 0 Å². The Hall–Kier alpha value is -1.84. The lowest BCUT2D eigenvalue weighted by Crippen LogP contribution is -2.17. The van der Waals surface area contributed by atoms with Gasteiger partial charge in [0.25, 0.3) is 5.56 Å². The molecule has 0 unspecified atom stereocenters. The standard InChI is InChI=1S/C11H13N3O/c1-3-14-9-7-5-4-6-8(9)10(15)13-11(14)12-2/h4-7H,3H2,1-2H3,(H,12,13,15). The monoisotopic (exact) mass is 203 g/mol. The number of anilines is 1. The van der Waals surface area contributed by atoms with E-state index in [1.54, 1.807) is 13.1 Å². The molecule has 0 aliphatic heterocycles. The van der Waals surface area contributed by atoms with Crippen LogP contribution in [0.2, 0.25) is 0 Å². The van der Waals surface area contributed by atoms with E-state index in [2.05, 4.69) is 10.3 Å². The van der Waals surface area contributed by atoms with Crippen LogP contribution in [-0.4, -0.2) is 16.6 Å². The molecule has 1 heterocycles. The van der Waals surface area contributed by atoms with Gasteiger partial charge in [-0.25, -0.2) is 0 Å². The number of rotatable bonds is 2. The van der Waals surface area contributed by atoms with E-state index in [0.717, 1.165) is 12.1 Å². The van der Waals surface area contributed by atoms with Crippen molar-refractivity contribution < 1.29 is 0 Å². The first-order valence-electron chi connectivity index (χ1n) is 4.95. The highest BCUT2D eigenvalue weighted by atomic mass is 16.1. The third-order valence-electron chi connectivity index (χ3n) is 2.43. The van der Waals surface area contributed by atoms with Gasteiger partial charge in [-0.3, -0.25) is 4.79 Å². The van der Waals surface area contributed by atoms with E-state index in [1.807, 2.05) is 29.7 Å². The number of nitrogens with one attached hydrogen (secondary N) is 1. The molecule has 15 heavy (non-hydrogen) atoms. The molecular formula is C11H13N3O. The van der Waals surface area contributed by atoms with Gasteiger partial charge in [0.2, 0.25) is 5.95 Å². The quantitative estimate of drug-likeness (QED) is 0.803. The third-order valence-corrected chi connectivity index (χ3v) is 2.43. The minimum absolute atomic E-state index is 0.181. The number of aromatic nitrogens is 2. The van der Waals surface area contributed by atoms with Crippen molar-refractivity contribution >= 4 is 16.9 Å². The molecule has 2 rings (SSSR count). The van der Waals surface area contributed by atoms with E-state index in [4.69, 9.17) is 0 Å². The molecule has 0 spiro atoms. The number of para-hydroxylation sites is 1. The molecule has 0 radical (unpaired) electrons. The van der Waals surface area contributed by atoms with E-state index in [1.165, 1.54) is 0 Å². The van der Waals surface area contributed by atoms with Crippen molar-refractivity contribution in [3.63, 3.8) is 0 Å². The smallest absolute Gasteiger partial charge is 0.282 e. The molecule has 0 atom stereocenters. The molecule has 0 aliphatic rings. The Morgan fingerprint density at radius 2 is 2.13 bits per heavy atom. The summed E-state index contributed by atoms with van der Waals surface area (Å²) < 4.78 is 1.98. The molecule has 0 saturated carbocycles. The summed E-state index contributed by atoms with van der Waals surface area (Å²) in [4.78, 5) is 15.6. The number of benzene rings is 1. The SMILES string of the molecule is CCn1c(NC)nc(=O)c2ccccc21. The normalized spacial score (nSPS) is 10.5. The van der Waals surface area contributed by atoms with Crippen LogP contribution in [0.4, 0.5) is 5.95 Å². The molecule has 0 aliphatic carbocycles. The van der Waals surface area contributed by atoms with Crippen molar-refractivity contribution in [1.82, 2.24) is 9.55 Å². The van der Waals surface area contributed by atoms with Gasteiger partial charge in [-0.15, -0.1) is 0 Å². The van der Waals surface area contributed by atoms with Gasteiger partial charge in [-0.05, 0) is 19.1 Å². The summed E-state index contributed by atoms with van der Waals surface area (Å²) in [6, 6.07) is 7.51. The van der Waals surface area contributed by atoms with Crippen molar-refractivity contribution in [2.45, 2.75) is 13.5 Å². The first-order chi connectivity index (χ1) is 7.27. The van der Waals surface area contributed by atoms with Gasteiger partial charge < -0.3 is 9.88 Å². The van der Waals surface area contributed by atoms with Crippen LogP contribution in [-0.2, 0) is 6.54 Å². The molecule has 1 N–H and O–H groups in total. The van der Waals surface area contributed by atoms with Crippen LogP contribution in [0.5, 0.6) is 0 Å². The largest absolute Gasteiger partial charge is 0.359 e. The van der Waals surface area contributed by atoms with Gasteiger partial charge >= 0.3 is 0 Å². The fourth-order valence-corrected chi connectivity index (χ4v) is 1.73. The van der Waals surface area contributed by atoms with Crippen LogP contribution in [0, 0.1) is 0 Å². The van der Waals surface area contributed by atoms with Gasteiger partial charge in [0, 0.05) is 13.6 Å². The van der Waals surface area contributed by atoms with Crippen LogP contribution in [0.3, 0.4) is 0 Å². The van der Waals surface area contributed by atoms with Crippen molar-refractivity contribution in [3.05, 3.63) is 34.6 Å². The first-order valence-corrected chi connectivity index (χ1v) is 4.95. The molecule has 4 heteroatoms. The summed E-state index contributed by atoms with van der Waals surface area (Å²) in [6.45, 7) is 2.81. The van der Waals surface area contributed by atoms with Crippen molar-refractivity contribution in [1.29, 1.82) is 0 Å². The van der Waals surface area contributed by atoms with Gasteiger partial charge in [-0.2, -0.15) is 4.98 Å². The van der Waals surface area contributed by atoms with E-state index in [0.29, 0.717) is 11.3 Å². The lowest BCUT2D eigenvalue weighted by atomic mass is 10.2. The number of fused-ring (bicyclic) bond motifs is 1. The van der Waals surface area contributed by atoms with Crippen LogP contribution < -0.4 is 10.9 Å². The fraction of sp³-hybridized carbons (Fsp3) is 0.273. The Labute approximate surface area is 87.6 Å². The zero-order valence-electron chi connectivity index (χ0n) is 8.82. The number of aryl methyl sites for hydroxylation is 1. The lowest BCUT2D eigenvalue weighted by Gasteiger charge is -2.12. The molecule has 0 amide bonds. The molecule has 0 bridgehead atoms. The third kappa shape index (κ3) is 1.48. The van der Waals surface area contributed by atoms with E-state index in [9.17, 15) is 4.79 Å². The Kier molecular flexibility index (Phi) is 2.41. The lowest BCUT2D eigenvalue weighted by molar-refractivity contribution is 0.774. The predicted molar refractivity (Wildman–Crippen MR) is 61.2 cm³/mol. The van der Waals surface area contributed by atoms with E-state index >= 15 is 0 Å². The molecule has 1 aromatic carbocycles. The summed E-state index contributed by atoms with van der Waals surface area (Å²) >= 11 is 0. The minimum atomic E-state index is -0.181. The van der Waals surface area contributed by atoms with E-state index < -0.39 is 0 Å². The Morgan fingerprint density at radius 1 is 1.40 bits per heavy atom. The second-order valence-corrected chi connectivity index (χ2v) is 3.25. The molecular weight excluding hydrogens is 190 g/mol. The summed E-state index contributed by atoms with van der Waals surface area (Å²) in [5, 5.41) is 3.60. The maximum Gasteiger partial charge on any atom is 0.282 e. The first kappa shape index (κ1) is 9.71. The fourth-order valence-electron chi connectivity index (χ4n) is 1.73. The highest BCUT2D eigenvalue weighted by molar-refractivity contribution is 5.79. The number of nitrogens with zero attached hydrogens (tertiary/aromatic N) is 2. The van der Waals surface area contributed by atoms with Crippen LogP contribution in [0.15, 0.2) is 29.1 Å². The minimum Gasteiger partial charge on any atom is -0.359 e. The molecule has 0 fully saturated rings. The van der Waals surface area contributed by atoms with Gasteiger partial charge in [0.1, 0.15) is 0 Å². The highest BCUT2D eigenvalue weighted by Crippen LogP contribution is 2.13. The predicted octanol–water partition coefficient (Wildman–Crippen LogP) is 1.46. The van der Waals surface area contributed by atoms with Gasteiger partial charge in [0.05, 0.1) is 10.9 Å². The van der Waals surface area contributed by atoms with E-state index in [-0.39, 0.29) is 5.56 Å². The Morgan fingerprint density at radius 3 is 2.80 bits per heavy atom. The Balaban J connectivity index is 2.92. The molecule has 4 nitrogen and oxygen atoms in total. The van der Waals surface area contributed by atoms with Crippen LogP contribution in [0.25, 0.3) is 10.9 Å². The van der Waals surface area contributed by atoms with Crippen molar-refractivity contribution in [2.24, 2.45) is 0 Å². The van der Waals surface area contributed by atoms with Crippen molar-refractivity contribution in [2.75, 3.05) is 12.4 Å². The average molecular weight is 203 g/mol. The van der Waals surface area contributed by atoms with Crippen molar-refractivity contribution in [3.8, 4) is 0 Å². The topological polar surface area (TPSA) is 46.9 Å². The van der Waals surface area contributed by atoms with Gasteiger partial charge in [-0.1, -0.05) is 12.1 Å². The molecule has 1 aromatic heterocycles. The van der Waals surface area contributed by atoms with Crippen LogP contribution in [0.1, 0.15) is 6.92 Å². The average Bonchev–Trinajstić information content (AvgIpc) is 2.29. The Bertz CT molecular complexity index is 545. The molecule has 0 saturated heterocycles. The number of hydrogen-bond acceptors (Lipinski definition) is 3. The summed E-state index contributed by atoms with van der Waals surface area (Å²) in [5.41, 5.74) is 0.740. The van der Waals surface area contributed by atoms with Crippen LogP contribution >= 0.6 is 0 Å². The zero-order valence-corrected chi connectivity index (χ0v) is 8.82. The highest BCUT2D eigenvalue weighted by Gasteiger charge is 2.06. The zero-order chi connectivity index (χ0) is 10.8. The maximum absolute atomic E-state index is 11.7. The second kappa shape index (κ2) is 3.73. The summed E-state index contributed by atoms with van der Waals surface area (Å²) in [6.07, 6.45) is 0. The molecule has 2 aromatic rings. The molecule has 78 valence electrons. The second-order valence-electron chi connectivity index (χ2n) is 3.25. The summed E-state index contributed by atoms with van der Waals surface area (Å²) in [5.74, 6) is 0.612. The number of hydrogen-bond donors (Lipinski definition) is 1. The maximum atomic E-state index is 11.7. The summed E-state index contributed by atoms with van der Waals surface area (Å²) in [7, 11) is 1.77.